The fourth-order valence-electron chi connectivity index (χ4n) is 1.86. The second kappa shape index (κ2) is 6.56. The molecule has 0 saturated heterocycles. The van der Waals surface area contributed by atoms with Gasteiger partial charge in [0.25, 0.3) is 0 Å². The van der Waals surface area contributed by atoms with Crippen LogP contribution in [0.5, 0.6) is 5.75 Å². The number of esters is 1. The molecule has 21 heavy (non-hydrogen) atoms. The topological polar surface area (TPSA) is 71.4 Å². The number of carbonyl (C=O) groups excluding carboxylic acids is 1. The molecule has 0 saturated carbocycles. The second-order valence-electron chi connectivity index (χ2n) is 4.27. The Morgan fingerprint density at radius 1 is 1.05 bits per heavy atom. The molecular formula is C16H16N2O3. The minimum atomic E-state index is -0.438. The lowest BCUT2D eigenvalue weighted by atomic mass is 10.1. The summed E-state index contributed by atoms with van der Waals surface area (Å²) in [5.41, 5.74) is 1.67. The van der Waals surface area contributed by atoms with E-state index in [1.807, 2.05) is 30.3 Å². The summed E-state index contributed by atoms with van der Waals surface area (Å²) in [4.78, 5) is 11.6. The summed E-state index contributed by atoms with van der Waals surface area (Å²) in [5.74, 6) is 0.325. The van der Waals surface area contributed by atoms with Gasteiger partial charge in [-0.05, 0) is 18.2 Å². The molecule has 0 bridgehead atoms. The lowest BCUT2D eigenvalue weighted by Gasteiger charge is -2.13. The van der Waals surface area contributed by atoms with Gasteiger partial charge < -0.3 is 14.8 Å². The first kappa shape index (κ1) is 14.6. The lowest BCUT2D eigenvalue weighted by molar-refractivity contribution is 0.0601. The number of carbonyl (C=O) groups is 1. The van der Waals surface area contributed by atoms with Crippen molar-refractivity contribution in [3.63, 3.8) is 0 Å². The first-order chi connectivity index (χ1) is 10.2. The molecule has 0 aromatic heterocycles. The number of hydrogen-bond acceptors (Lipinski definition) is 4. The summed E-state index contributed by atoms with van der Waals surface area (Å²) in [6.07, 6.45) is 0. The Morgan fingerprint density at radius 2 is 1.76 bits per heavy atom. The smallest absolute Gasteiger partial charge is 0.337 e. The van der Waals surface area contributed by atoms with E-state index < -0.39 is 5.97 Å². The minimum absolute atomic E-state index is 0.218. The van der Waals surface area contributed by atoms with Gasteiger partial charge in [0.1, 0.15) is 11.6 Å². The number of methoxy groups -OCH3 is 2. The average Bonchev–Trinajstić information content (AvgIpc) is 2.54. The molecule has 0 atom stereocenters. The zero-order valence-corrected chi connectivity index (χ0v) is 11.8. The van der Waals surface area contributed by atoms with Gasteiger partial charge in [-0.1, -0.05) is 30.3 Å². The molecule has 0 spiro atoms. The van der Waals surface area contributed by atoms with Gasteiger partial charge in [0.05, 0.1) is 25.5 Å². The minimum Gasteiger partial charge on any atom is -0.495 e. The molecule has 0 aliphatic heterocycles. The molecule has 2 aromatic carbocycles. The number of nitrogens with one attached hydrogen (secondary N) is 2. The maximum Gasteiger partial charge on any atom is 0.337 e. The van der Waals surface area contributed by atoms with Gasteiger partial charge in [0, 0.05) is 5.56 Å². The first-order valence-corrected chi connectivity index (χ1v) is 6.33. The molecule has 0 aliphatic rings. The number of amidine groups is 1. The van der Waals surface area contributed by atoms with Gasteiger partial charge >= 0.3 is 5.97 Å². The Labute approximate surface area is 123 Å². The summed E-state index contributed by atoms with van der Waals surface area (Å²) in [7, 11) is 2.86. The Morgan fingerprint density at radius 3 is 2.38 bits per heavy atom. The molecule has 2 rings (SSSR count). The van der Waals surface area contributed by atoms with E-state index in [9.17, 15) is 4.79 Å². The number of benzene rings is 2. The van der Waals surface area contributed by atoms with Crippen molar-refractivity contribution in [1.29, 1.82) is 5.41 Å². The van der Waals surface area contributed by atoms with Gasteiger partial charge in [-0.25, -0.2) is 4.79 Å². The van der Waals surface area contributed by atoms with Gasteiger partial charge in [0.15, 0.2) is 0 Å². The molecule has 5 heteroatoms. The van der Waals surface area contributed by atoms with Crippen molar-refractivity contribution in [1.82, 2.24) is 0 Å². The van der Waals surface area contributed by atoms with Crippen LogP contribution < -0.4 is 10.1 Å². The van der Waals surface area contributed by atoms with E-state index in [0.29, 0.717) is 17.0 Å². The van der Waals surface area contributed by atoms with E-state index in [1.54, 1.807) is 18.2 Å². The highest BCUT2D eigenvalue weighted by atomic mass is 16.5. The fraction of sp³-hybridized carbons (Fsp3) is 0.125. The summed E-state index contributed by atoms with van der Waals surface area (Å²) < 4.78 is 9.93. The van der Waals surface area contributed by atoms with Gasteiger partial charge in [-0.2, -0.15) is 0 Å². The Kier molecular flexibility index (Phi) is 4.56. The van der Waals surface area contributed by atoms with E-state index in [4.69, 9.17) is 14.9 Å². The van der Waals surface area contributed by atoms with Crippen LogP contribution in [0.25, 0.3) is 0 Å². The largest absolute Gasteiger partial charge is 0.495 e. The fourth-order valence-corrected chi connectivity index (χ4v) is 1.86. The van der Waals surface area contributed by atoms with Crippen LogP contribution in [0.15, 0.2) is 48.5 Å². The van der Waals surface area contributed by atoms with Crippen molar-refractivity contribution in [2.24, 2.45) is 0 Å². The van der Waals surface area contributed by atoms with Crippen LogP contribution in [-0.2, 0) is 4.74 Å². The molecular weight excluding hydrogens is 268 g/mol. The van der Waals surface area contributed by atoms with Crippen molar-refractivity contribution in [2.45, 2.75) is 0 Å². The van der Waals surface area contributed by atoms with Crippen LogP contribution >= 0.6 is 0 Å². The summed E-state index contributed by atoms with van der Waals surface area (Å²) in [5, 5.41) is 11.0. The monoisotopic (exact) mass is 284 g/mol. The van der Waals surface area contributed by atoms with Crippen molar-refractivity contribution >= 4 is 17.5 Å². The van der Waals surface area contributed by atoms with E-state index in [2.05, 4.69) is 5.32 Å². The standard InChI is InChI=1S/C16H16N2O3/c1-20-14-9-8-12(16(19)21-2)10-13(14)18-15(17)11-6-4-3-5-7-11/h3-10H,1-2H3,(H2,17,18). The molecule has 2 N–H and O–H groups in total. The third kappa shape index (κ3) is 3.39. The summed E-state index contributed by atoms with van der Waals surface area (Å²) in [6, 6.07) is 14.1. The molecule has 5 nitrogen and oxygen atoms in total. The highest BCUT2D eigenvalue weighted by molar-refractivity contribution is 6.07. The Balaban J connectivity index is 2.29. The normalized spacial score (nSPS) is 9.81. The molecule has 108 valence electrons. The Bertz CT molecular complexity index is 654. The van der Waals surface area contributed by atoms with Crippen molar-refractivity contribution < 1.29 is 14.3 Å². The predicted molar refractivity (Wildman–Crippen MR) is 81.2 cm³/mol. The van der Waals surface area contributed by atoms with Crippen molar-refractivity contribution in [3.05, 3.63) is 59.7 Å². The maximum absolute atomic E-state index is 11.6. The van der Waals surface area contributed by atoms with Gasteiger partial charge in [0.2, 0.25) is 0 Å². The average molecular weight is 284 g/mol. The molecule has 0 fully saturated rings. The zero-order valence-electron chi connectivity index (χ0n) is 11.8. The van der Waals surface area contributed by atoms with Crippen LogP contribution in [0.3, 0.4) is 0 Å². The van der Waals surface area contributed by atoms with Crippen molar-refractivity contribution in [3.8, 4) is 5.75 Å². The van der Waals surface area contributed by atoms with Crippen LogP contribution in [0.2, 0.25) is 0 Å². The third-order valence-electron chi connectivity index (χ3n) is 2.94. The number of hydrogen-bond donors (Lipinski definition) is 2. The lowest BCUT2D eigenvalue weighted by Crippen LogP contribution is -2.13. The highest BCUT2D eigenvalue weighted by Crippen LogP contribution is 2.26. The van der Waals surface area contributed by atoms with Gasteiger partial charge in [-0.3, -0.25) is 5.41 Å². The van der Waals surface area contributed by atoms with E-state index >= 15 is 0 Å². The second-order valence-corrected chi connectivity index (χ2v) is 4.27. The van der Waals surface area contributed by atoms with Crippen molar-refractivity contribution in [2.75, 3.05) is 19.5 Å². The Hall–Kier alpha value is -2.82. The first-order valence-electron chi connectivity index (χ1n) is 6.33. The number of rotatable bonds is 4. The molecule has 0 unspecified atom stereocenters. The molecule has 0 radical (unpaired) electrons. The van der Waals surface area contributed by atoms with E-state index in [1.165, 1.54) is 14.2 Å². The molecule has 0 aliphatic carbocycles. The summed E-state index contributed by atoms with van der Waals surface area (Å²) in [6.45, 7) is 0. The predicted octanol–water partition coefficient (Wildman–Crippen LogP) is 2.92. The SMILES string of the molecule is COC(=O)c1ccc(OC)c(NC(=N)c2ccccc2)c1. The van der Waals surface area contributed by atoms with E-state index in [-0.39, 0.29) is 5.84 Å². The van der Waals surface area contributed by atoms with Crippen LogP contribution in [0.1, 0.15) is 15.9 Å². The van der Waals surface area contributed by atoms with Gasteiger partial charge in [-0.15, -0.1) is 0 Å². The summed E-state index contributed by atoms with van der Waals surface area (Å²) >= 11 is 0. The molecule has 2 aromatic rings. The number of ether oxygens (including phenoxy) is 2. The number of anilines is 1. The van der Waals surface area contributed by atoms with Crippen LogP contribution in [0.4, 0.5) is 5.69 Å². The maximum atomic E-state index is 11.6. The van der Waals surface area contributed by atoms with E-state index in [0.717, 1.165) is 5.56 Å². The van der Waals surface area contributed by atoms with Crippen LogP contribution in [-0.4, -0.2) is 26.0 Å². The third-order valence-corrected chi connectivity index (χ3v) is 2.94. The zero-order chi connectivity index (χ0) is 15.2. The highest BCUT2D eigenvalue weighted by Gasteiger charge is 2.12. The van der Waals surface area contributed by atoms with Crippen LogP contribution in [0, 0.1) is 5.41 Å². The quantitative estimate of drug-likeness (QED) is 0.514. The molecule has 0 amide bonds. The molecule has 0 heterocycles.